The third-order valence-electron chi connectivity index (χ3n) is 8.64. The maximum Gasteiger partial charge on any atom is 0.412 e. The molecule has 2 aliphatic heterocycles. The fourth-order valence-electron chi connectivity index (χ4n) is 6.30. The first-order chi connectivity index (χ1) is 21.5. The van der Waals surface area contributed by atoms with Crippen LogP contribution in [0, 0.1) is 23.6 Å². The number of hydrogen-bond donors (Lipinski definition) is 2. The summed E-state index contributed by atoms with van der Waals surface area (Å²) in [6, 6.07) is 9.26. The Hall–Kier alpha value is -4.07. The molecule has 2 N–H and O–H groups in total. The SMILES string of the molecule is CC(C)C1CC(CN(C[C@H]2Cc3c(cc(OCc4ccccc4)c(N4CC(=O)NS4(=O)=O)c3F)N2C(=O)O)C(=O)OC(C)(C)C)C1. The quantitative estimate of drug-likeness (QED) is 0.386. The first-order valence-corrected chi connectivity index (χ1v) is 16.8. The van der Waals surface area contributed by atoms with E-state index in [1.165, 1.54) is 11.0 Å². The van der Waals surface area contributed by atoms with E-state index in [9.17, 15) is 27.9 Å². The summed E-state index contributed by atoms with van der Waals surface area (Å²) >= 11 is 0. The Kier molecular flexibility index (Phi) is 9.13. The molecule has 2 aromatic rings. The molecule has 1 aliphatic carbocycles. The second kappa shape index (κ2) is 12.6. The Morgan fingerprint density at radius 2 is 1.83 bits per heavy atom. The van der Waals surface area contributed by atoms with E-state index in [1.54, 1.807) is 51.1 Å². The predicted octanol–water partition coefficient (Wildman–Crippen LogP) is 4.91. The number of fused-ring (bicyclic) bond motifs is 1. The monoisotopic (exact) mass is 660 g/mol. The highest BCUT2D eigenvalue weighted by Crippen LogP contribution is 2.46. The molecule has 0 radical (unpaired) electrons. The van der Waals surface area contributed by atoms with Gasteiger partial charge in [-0.05, 0) is 56.9 Å². The number of ether oxygens (including phenoxy) is 2. The van der Waals surface area contributed by atoms with E-state index in [0.717, 1.165) is 17.7 Å². The fraction of sp³-hybridized carbons (Fsp3) is 0.531. The van der Waals surface area contributed by atoms with E-state index in [2.05, 4.69) is 13.8 Å². The van der Waals surface area contributed by atoms with Gasteiger partial charge < -0.3 is 19.5 Å². The molecule has 14 heteroatoms. The van der Waals surface area contributed by atoms with E-state index in [1.807, 2.05) is 4.72 Å². The van der Waals surface area contributed by atoms with Gasteiger partial charge in [-0.25, -0.2) is 23.0 Å². The van der Waals surface area contributed by atoms with Crippen molar-refractivity contribution in [3.63, 3.8) is 0 Å². The van der Waals surface area contributed by atoms with Crippen molar-refractivity contribution in [2.24, 2.45) is 17.8 Å². The topological polar surface area (TPSA) is 146 Å². The second-order valence-corrected chi connectivity index (χ2v) is 15.2. The highest BCUT2D eigenvalue weighted by molar-refractivity contribution is 7.92. The molecule has 2 aromatic carbocycles. The first-order valence-electron chi connectivity index (χ1n) is 15.4. The summed E-state index contributed by atoms with van der Waals surface area (Å²) in [4.78, 5) is 40.7. The summed E-state index contributed by atoms with van der Waals surface area (Å²) in [6.45, 7) is 9.09. The number of carbonyl (C=O) groups is 3. The molecule has 0 aromatic heterocycles. The van der Waals surface area contributed by atoms with Gasteiger partial charge in [-0.15, -0.1) is 0 Å². The number of amides is 3. The Labute approximate surface area is 268 Å². The van der Waals surface area contributed by atoms with Crippen LogP contribution in [-0.2, 0) is 32.8 Å². The number of benzene rings is 2. The molecule has 2 heterocycles. The molecule has 3 aliphatic rings. The predicted molar refractivity (Wildman–Crippen MR) is 168 cm³/mol. The lowest BCUT2D eigenvalue weighted by atomic mass is 9.69. The van der Waals surface area contributed by atoms with Gasteiger partial charge in [0.1, 0.15) is 30.2 Å². The van der Waals surface area contributed by atoms with Crippen molar-refractivity contribution in [2.75, 3.05) is 28.8 Å². The number of carboxylic acid groups (broad SMARTS) is 1. The number of anilines is 2. The summed E-state index contributed by atoms with van der Waals surface area (Å²) in [5.74, 6) is -0.834. The van der Waals surface area contributed by atoms with Crippen LogP contribution in [0.2, 0.25) is 0 Å². The van der Waals surface area contributed by atoms with Gasteiger partial charge in [-0.1, -0.05) is 44.2 Å². The van der Waals surface area contributed by atoms with Crippen molar-refractivity contribution < 1.29 is 41.8 Å². The largest absolute Gasteiger partial charge is 0.487 e. The lowest BCUT2D eigenvalue weighted by Crippen LogP contribution is -2.50. The van der Waals surface area contributed by atoms with Gasteiger partial charge in [0.15, 0.2) is 5.82 Å². The molecule has 0 bridgehead atoms. The van der Waals surface area contributed by atoms with Gasteiger partial charge in [-0.3, -0.25) is 9.69 Å². The van der Waals surface area contributed by atoms with E-state index in [0.29, 0.717) is 28.2 Å². The van der Waals surface area contributed by atoms with Crippen LogP contribution in [0.5, 0.6) is 5.75 Å². The number of halogens is 1. The molecule has 2 fully saturated rings. The van der Waals surface area contributed by atoms with Crippen molar-refractivity contribution in [2.45, 2.75) is 72.1 Å². The highest BCUT2D eigenvalue weighted by Gasteiger charge is 2.44. The third-order valence-corrected chi connectivity index (χ3v) is 10.0. The van der Waals surface area contributed by atoms with E-state index >= 15 is 4.39 Å². The lowest BCUT2D eigenvalue weighted by molar-refractivity contribution is -0.117. The van der Waals surface area contributed by atoms with Crippen LogP contribution in [0.3, 0.4) is 0 Å². The number of carbonyl (C=O) groups excluding carboxylic acids is 2. The van der Waals surface area contributed by atoms with Crippen LogP contribution in [0.1, 0.15) is 58.6 Å². The van der Waals surface area contributed by atoms with Gasteiger partial charge in [0, 0.05) is 31.1 Å². The van der Waals surface area contributed by atoms with Crippen LogP contribution in [-0.4, -0.2) is 67.8 Å². The van der Waals surface area contributed by atoms with E-state index < -0.39 is 58.0 Å². The van der Waals surface area contributed by atoms with Crippen molar-refractivity contribution in [1.29, 1.82) is 0 Å². The Morgan fingerprint density at radius 1 is 1.15 bits per heavy atom. The summed E-state index contributed by atoms with van der Waals surface area (Å²) in [7, 11) is -4.43. The minimum absolute atomic E-state index is 0.0228. The maximum atomic E-state index is 16.6. The van der Waals surface area contributed by atoms with Crippen molar-refractivity contribution >= 4 is 39.7 Å². The summed E-state index contributed by atoms with van der Waals surface area (Å²) in [5, 5.41) is 10.4. The van der Waals surface area contributed by atoms with Gasteiger partial charge in [0.25, 0.3) is 5.91 Å². The molecule has 250 valence electrons. The molecular weight excluding hydrogens is 619 g/mol. The zero-order chi connectivity index (χ0) is 33.6. The van der Waals surface area contributed by atoms with Crippen molar-refractivity contribution in [1.82, 2.24) is 9.62 Å². The lowest BCUT2D eigenvalue weighted by Gasteiger charge is -2.41. The van der Waals surface area contributed by atoms with Crippen LogP contribution < -0.4 is 18.7 Å². The van der Waals surface area contributed by atoms with Crippen LogP contribution in [0.15, 0.2) is 36.4 Å². The molecule has 1 atom stereocenters. The van der Waals surface area contributed by atoms with E-state index in [-0.39, 0.29) is 42.5 Å². The Balaban J connectivity index is 1.50. The molecule has 1 saturated carbocycles. The molecule has 46 heavy (non-hydrogen) atoms. The van der Waals surface area contributed by atoms with Crippen LogP contribution in [0.4, 0.5) is 25.4 Å². The van der Waals surface area contributed by atoms with E-state index in [4.69, 9.17) is 9.47 Å². The summed E-state index contributed by atoms with van der Waals surface area (Å²) in [6.07, 6.45) is -0.248. The molecule has 3 amide bonds. The number of rotatable bonds is 9. The van der Waals surface area contributed by atoms with Crippen LogP contribution >= 0.6 is 0 Å². The van der Waals surface area contributed by atoms with Gasteiger partial charge in [-0.2, -0.15) is 8.42 Å². The second-order valence-electron chi connectivity index (χ2n) is 13.6. The normalized spacial score (nSPS) is 21.9. The third kappa shape index (κ3) is 7.01. The Bertz CT molecular complexity index is 1610. The minimum atomic E-state index is -4.43. The fourth-order valence-corrected chi connectivity index (χ4v) is 7.46. The maximum absolute atomic E-state index is 16.6. The zero-order valence-corrected chi connectivity index (χ0v) is 27.5. The average molecular weight is 661 g/mol. The average Bonchev–Trinajstić information content (AvgIpc) is 3.42. The molecule has 0 spiro atoms. The number of nitrogens with one attached hydrogen (secondary N) is 1. The minimum Gasteiger partial charge on any atom is -0.487 e. The van der Waals surface area contributed by atoms with Crippen LogP contribution in [0.25, 0.3) is 0 Å². The number of hydrogen-bond acceptors (Lipinski definition) is 7. The molecule has 1 saturated heterocycles. The van der Waals surface area contributed by atoms with Crippen molar-refractivity contribution in [3.8, 4) is 5.75 Å². The molecule has 0 unspecified atom stereocenters. The van der Waals surface area contributed by atoms with Gasteiger partial charge in [0.2, 0.25) is 0 Å². The van der Waals surface area contributed by atoms with Gasteiger partial charge >= 0.3 is 22.4 Å². The Morgan fingerprint density at radius 3 is 2.39 bits per heavy atom. The summed E-state index contributed by atoms with van der Waals surface area (Å²) in [5.41, 5.74) is -0.664. The number of nitrogens with zero attached hydrogens (tertiary/aromatic N) is 3. The molecular formula is C32H41FN4O8S. The van der Waals surface area contributed by atoms with Crippen molar-refractivity contribution in [3.05, 3.63) is 53.3 Å². The smallest absolute Gasteiger partial charge is 0.412 e. The standard InChI is InChI=1S/C32H41FN4O8S/c1-19(2)22-11-21(12-22)15-35(31(41)45-32(3,4)5)16-23-13-24-25(37(23)30(39)40)14-26(44-18-20-9-7-6-8-10-20)29(28(24)33)36-17-27(38)34-46(36,42)43/h6-10,14,19,21-23H,11-13,15-18H2,1-5H3,(H,34,38)(H,39,40)/t21?,22?,23-/m1/s1. The first kappa shape index (κ1) is 33.3. The molecule has 5 rings (SSSR count). The van der Waals surface area contributed by atoms with Gasteiger partial charge in [0.05, 0.1) is 11.7 Å². The summed E-state index contributed by atoms with van der Waals surface area (Å²) < 4.78 is 56.3. The molecule has 12 nitrogen and oxygen atoms in total. The highest BCUT2D eigenvalue weighted by atomic mass is 32.2. The zero-order valence-electron chi connectivity index (χ0n) is 26.7.